The van der Waals surface area contributed by atoms with Crippen molar-refractivity contribution in [3.05, 3.63) is 48.5 Å². The van der Waals surface area contributed by atoms with Crippen LogP contribution < -0.4 is 15.4 Å². The van der Waals surface area contributed by atoms with Gasteiger partial charge < -0.3 is 15.4 Å². The van der Waals surface area contributed by atoms with Crippen LogP contribution in [0.2, 0.25) is 0 Å². The number of amides is 1. The molecule has 1 unspecified atom stereocenters. The highest BCUT2D eigenvalue weighted by Gasteiger charge is 2.25. The monoisotopic (exact) mass is 471 g/mol. The van der Waals surface area contributed by atoms with Crippen molar-refractivity contribution in [2.45, 2.75) is 30.1 Å². The van der Waals surface area contributed by atoms with Gasteiger partial charge in [-0.05, 0) is 18.6 Å². The number of hydrogen-bond acceptors (Lipinski definition) is 7. The Bertz CT molecular complexity index is 1320. The van der Waals surface area contributed by atoms with E-state index in [4.69, 9.17) is 4.74 Å². The second-order valence-electron chi connectivity index (χ2n) is 7.31. The predicted octanol–water partition coefficient (Wildman–Crippen LogP) is 4.27. The SMILES string of the molecule is CCC1CNc2cc(OC(F)F)c(-c3[nH]ncc3NC(=O)c3cnn4cccnc34)cc2S1. The number of hydrogen-bond donors (Lipinski definition) is 3. The first-order valence-electron chi connectivity index (χ1n) is 10.2. The number of carbonyl (C=O) groups excluding carboxylic acids is 1. The van der Waals surface area contributed by atoms with Gasteiger partial charge in [0, 0.05) is 40.7 Å². The Hall–Kier alpha value is -3.67. The fourth-order valence-corrected chi connectivity index (χ4v) is 4.76. The first-order chi connectivity index (χ1) is 16.0. The van der Waals surface area contributed by atoms with Gasteiger partial charge in [0.15, 0.2) is 5.65 Å². The molecule has 1 amide bonds. The minimum atomic E-state index is -3.01. The Morgan fingerprint density at radius 1 is 1.39 bits per heavy atom. The summed E-state index contributed by atoms with van der Waals surface area (Å²) >= 11 is 1.67. The van der Waals surface area contributed by atoms with E-state index < -0.39 is 12.5 Å². The van der Waals surface area contributed by atoms with Crippen LogP contribution in [0, 0.1) is 0 Å². The molecule has 3 N–H and O–H groups in total. The van der Waals surface area contributed by atoms with Crippen LogP contribution in [0.1, 0.15) is 23.7 Å². The zero-order valence-corrected chi connectivity index (χ0v) is 18.2. The van der Waals surface area contributed by atoms with Crippen LogP contribution in [0.4, 0.5) is 20.2 Å². The van der Waals surface area contributed by atoms with Crippen LogP contribution in [-0.2, 0) is 0 Å². The summed E-state index contributed by atoms with van der Waals surface area (Å²) in [6.45, 7) is -0.176. The number of carbonyl (C=O) groups is 1. The number of anilines is 2. The number of thioether (sulfide) groups is 1. The highest BCUT2D eigenvalue weighted by molar-refractivity contribution is 8.00. The lowest BCUT2D eigenvalue weighted by Crippen LogP contribution is -2.20. The Kier molecular flexibility index (Phi) is 5.58. The molecule has 12 heteroatoms. The molecule has 0 spiro atoms. The van der Waals surface area contributed by atoms with Crippen LogP contribution in [0.15, 0.2) is 47.9 Å². The molecule has 0 fully saturated rings. The molecule has 5 rings (SSSR count). The van der Waals surface area contributed by atoms with Gasteiger partial charge in [-0.1, -0.05) is 6.92 Å². The summed E-state index contributed by atoms with van der Waals surface area (Å²) in [5, 5.41) is 17.3. The van der Waals surface area contributed by atoms with E-state index in [0.29, 0.717) is 27.8 Å². The molecule has 1 aliphatic rings. The molecule has 4 aromatic rings. The fraction of sp³-hybridized carbons (Fsp3) is 0.238. The van der Waals surface area contributed by atoms with Gasteiger partial charge in [0.2, 0.25) is 0 Å². The van der Waals surface area contributed by atoms with Gasteiger partial charge in [-0.25, -0.2) is 9.50 Å². The van der Waals surface area contributed by atoms with Gasteiger partial charge in [0.05, 0.1) is 29.5 Å². The van der Waals surface area contributed by atoms with Crippen molar-refractivity contribution < 1.29 is 18.3 Å². The lowest BCUT2D eigenvalue weighted by Gasteiger charge is -2.26. The van der Waals surface area contributed by atoms with Crippen LogP contribution in [0.25, 0.3) is 16.9 Å². The Morgan fingerprint density at radius 2 is 2.27 bits per heavy atom. The summed E-state index contributed by atoms with van der Waals surface area (Å²) < 4.78 is 32.6. The molecule has 0 bridgehead atoms. The van der Waals surface area contributed by atoms with Crippen molar-refractivity contribution in [1.29, 1.82) is 0 Å². The number of nitrogens with zero attached hydrogens (tertiary/aromatic N) is 4. The number of benzene rings is 1. The summed E-state index contributed by atoms with van der Waals surface area (Å²) in [6, 6.07) is 5.02. The number of nitrogens with one attached hydrogen (secondary N) is 3. The number of rotatable bonds is 6. The number of aromatic amines is 1. The largest absolute Gasteiger partial charge is 0.434 e. The summed E-state index contributed by atoms with van der Waals surface area (Å²) in [6.07, 6.45) is 7.03. The van der Waals surface area contributed by atoms with Gasteiger partial charge >= 0.3 is 6.61 Å². The molecule has 3 aromatic heterocycles. The molecule has 1 atom stereocenters. The first-order valence-corrected chi connectivity index (χ1v) is 11.1. The van der Waals surface area contributed by atoms with Crippen molar-refractivity contribution in [2.75, 3.05) is 17.2 Å². The molecule has 0 saturated heterocycles. The summed E-state index contributed by atoms with van der Waals surface area (Å²) in [7, 11) is 0. The number of ether oxygens (including phenoxy) is 1. The minimum absolute atomic E-state index is 0.0239. The summed E-state index contributed by atoms with van der Waals surface area (Å²) in [5.74, 6) is -0.480. The van der Waals surface area contributed by atoms with Crippen molar-refractivity contribution in [2.24, 2.45) is 0 Å². The van der Waals surface area contributed by atoms with E-state index in [9.17, 15) is 13.6 Å². The second kappa shape index (κ2) is 8.70. The second-order valence-corrected chi connectivity index (χ2v) is 8.65. The van der Waals surface area contributed by atoms with E-state index in [2.05, 4.69) is 37.8 Å². The molecule has 0 saturated carbocycles. The molecule has 1 aliphatic heterocycles. The van der Waals surface area contributed by atoms with Gasteiger partial charge in [-0.15, -0.1) is 11.8 Å². The van der Waals surface area contributed by atoms with Gasteiger partial charge in [-0.2, -0.15) is 19.0 Å². The number of halogens is 2. The topological polar surface area (TPSA) is 109 Å². The van der Waals surface area contributed by atoms with E-state index >= 15 is 0 Å². The van der Waals surface area contributed by atoms with Gasteiger partial charge in [0.25, 0.3) is 5.91 Å². The van der Waals surface area contributed by atoms with Crippen LogP contribution in [-0.4, -0.2) is 49.1 Å². The van der Waals surface area contributed by atoms with E-state index in [1.807, 2.05) is 0 Å². The summed E-state index contributed by atoms with van der Waals surface area (Å²) in [5.41, 5.74) is 2.42. The summed E-state index contributed by atoms with van der Waals surface area (Å²) in [4.78, 5) is 18.0. The Balaban J connectivity index is 1.51. The maximum Gasteiger partial charge on any atom is 0.387 e. The van der Waals surface area contributed by atoms with Crippen LogP contribution >= 0.6 is 11.8 Å². The smallest absolute Gasteiger partial charge is 0.387 e. The average Bonchev–Trinajstić information content (AvgIpc) is 3.45. The lowest BCUT2D eigenvalue weighted by molar-refractivity contribution is -0.0494. The van der Waals surface area contributed by atoms with Crippen molar-refractivity contribution in [3.8, 4) is 17.0 Å². The quantitative estimate of drug-likeness (QED) is 0.385. The third-order valence-electron chi connectivity index (χ3n) is 5.25. The fourth-order valence-electron chi connectivity index (χ4n) is 3.62. The maximum absolute atomic E-state index is 13.2. The predicted molar refractivity (Wildman–Crippen MR) is 120 cm³/mol. The van der Waals surface area contributed by atoms with E-state index in [-0.39, 0.29) is 11.3 Å². The number of H-pyrrole nitrogens is 1. The lowest BCUT2D eigenvalue weighted by atomic mass is 10.1. The van der Waals surface area contributed by atoms with Crippen LogP contribution in [0.5, 0.6) is 5.75 Å². The molecule has 4 heterocycles. The third kappa shape index (κ3) is 4.09. The third-order valence-corrected chi connectivity index (χ3v) is 6.67. The Morgan fingerprint density at radius 3 is 3.09 bits per heavy atom. The minimum Gasteiger partial charge on any atom is -0.434 e. The molecule has 9 nitrogen and oxygen atoms in total. The number of fused-ring (bicyclic) bond motifs is 2. The zero-order valence-electron chi connectivity index (χ0n) is 17.4. The van der Waals surface area contributed by atoms with Crippen molar-refractivity contribution >= 4 is 34.7 Å². The highest BCUT2D eigenvalue weighted by Crippen LogP contribution is 2.44. The van der Waals surface area contributed by atoms with E-state index in [1.54, 1.807) is 42.4 Å². The maximum atomic E-state index is 13.2. The van der Waals surface area contributed by atoms with Crippen molar-refractivity contribution in [1.82, 2.24) is 24.8 Å². The first kappa shape index (κ1) is 21.2. The standard InChI is InChI=1S/C21H19F2N7O2S/c1-2-11-8-25-14-7-16(32-21(22)23)12(6-17(14)33-11)18-15(10-26-29-18)28-20(31)13-9-27-30-5-3-4-24-19(13)30/h3-7,9-11,21,25H,2,8H2,1H3,(H,26,29)(H,28,31). The highest BCUT2D eigenvalue weighted by atomic mass is 32.2. The van der Waals surface area contributed by atoms with E-state index in [1.165, 1.54) is 16.9 Å². The molecule has 1 aromatic carbocycles. The van der Waals surface area contributed by atoms with Gasteiger partial charge in [-0.3, -0.25) is 9.89 Å². The van der Waals surface area contributed by atoms with Crippen LogP contribution in [0.3, 0.4) is 0 Å². The number of alkyl halides is 2. The van der Waals surface area contributed by atoms with E-state index in [0.717, 1.165) is 23.5 Å². The molecule has 170 valence electrons. The average molecular weight is 471 g/mol. The molecule has 33 heavy (non-hydrogen) atoms. The number of aromatic nitrogens is 5. The van der Waals surface area contributed by atoms with Gasteiger partial charge in [0.1, 0.15) is 11.3 Å². The molecule has 0 radical (unpaired) electrons. The normalized spacial score (nSPS) is 15.3. The molecular formula is C21H19F2N7O2S. The molecule has 0 aliphatic carbocycles. The Labute approximate surface area is 190 Å². The zero-order chi connectivity index (χ0) is 22.9. The van der Waals surface area contributed by atoms with Crippen molar-refractivity contribution in [3.63, 3.8) is 0 Å². The molecular weight excluding hydrogens is 452 g/mol.